The van der Waals surface area contributed by atoms with Gasteiger partial charge < -0.3 is 9.15 Å². The fraction of sp³-hybridized carbons (Fsp3) is 0.214. The van der Waals surface area contributed by atoms with Crippen molar-refractivity contribution in [3.63, 3.8) is 0 Å². The number of ether oxygens (including phenoxy) is 1. The normalized spacial score (nSPS) is 12.1. The number of carbonyl (C=O) groups is 1. The summed E-state index contributed by atoms with van der Waals surface area (Å²) in [4.78, 5) is 11.6. The van der Waals surface area contributed by atoms with Gasteiger partial charge in [0.15, 0.2) is 0 Å². The zero-order valence-corrected chi connectivity index (χ0v) is 10.7. The predicted molar refractivity (Wildman–Crippen MR) is 69.0 cm³/mol. The van der Waals surface area contributed by atoms with Crippen LogP contribution in [0.3, 0.4) is 0 Å². The topological polar surface area (TPSA) is 39.4 Å². The minimum atomic E-state index is -0.464. The first kappa shape index (κ1) is 12.7. The van der Waals surface area contributed by atoms with Gasteiger partial charge in [0.2, 0.25) is 5.24 Å². The van der Waals surface area contributed by atoms with E-state index in [-0.39, 0.29) is 0 Å². The summed E-state index contributed by atoms with van der Waals surface area (Å²) in [5.41, 5.74) is 0.774. The van der Waals surface area contributed by atoms with E-state index < -0.39 is 11.2 Å². The molecule has 0 radical (unpaired) electrons. The molecule has 3 nitrogen and oxygen atoms in total. The Balaban J connectivity index is 2.32. The van der Waals surface area contributed by atoms with Crippen LogP contribution in [0.2, 0.25) is 0 Å². The largest absolute Gasteiger partial charge is 0.496 e. The lowest BCUT2D eigenvalue weighted by Crippen LogP contribution is -2.11. The number of benzene rings is 1. The van der Waals surface area contributed by atoms with Crippen molar-refractivity contribution in [2.45, 2.75) is 12.3 Å². The molecule has 0 aliphatic heterocycles. The first-order valence-corrected chi connectivity index (χ1v) is 5.95. The molecule has 0 fully saturated rings. The van der Waals surface area contributed by atoms with Crippen LogP contribution in [-0.4, -0.2) is 12.4 Å². The monoisotopic (exact) mass is 264 g/mol. The first-order valence-electron chi connectivity index (χ1n) is 5.57. The van der Waals surface area contributed by atoms with Crippen molar-refractivity contribution in [1.82, 2.24) is 0 Å². The van der Waals surface area contributed by atoms with E-state index in [2.05, 4.69) is 0 Å². The quantitative estimate of drug-likeness (QED) is 0.777. The number of halogens is 1. The van der Waals surface area contributed by atoms with Gasteiger partial charge in [-0.3, -0.25) is 4.79 Å². The van der Waals surface area contributed by atoms with Crippen molar-refractivity contribution in [2.75, 3.05) is 7.11 Å². The Hall–Kier alpha value is -1.74. The molecule has 0 bridgehead atoms. The van der Waals surface area contributed by atoms with E-state index in [0.717, 1.165) is 11.3 Å². The number of carbonyl (C=O) groups excluding carboxylic acids is 1. The van der Waals surface area contributed by atoms with Crippen molar-refractivity contribution in [3.05, 3.63) is 54.0 Å². The maximum atomic E-state index is 11.6. The highest BCUT2D eigenvalue weighted by atomic mass is 35.5. The van der Waals surface area contributed by atoms with Gasteiger partial charge in [-0.15, -0.1) is 0 Å². The van der Waals surface area contributed by atoms with E-state index >= 15 is 0 Å². The van der Waals surface area contributed by atoms with Gasteiger partial charge in [-0.1, -0.05) is 18.2 Å². The summed E-state index contributed by atoms with van der Waals surface area (Å²) >= 11 is 5.69. The third-order valence-corrected chi connectivity index (χ3v) is 3.04. The van der Waals surface area contributed by atoms with Crippen molar-refractivity contribution in [1.29, 1.82) is 0 Å². The van der Waals surface area contributed by atoms with Crippen molar-refractivity contribution in [3.8, 4) is 5.75 Å². The Morgan fingerprint density at radius 2 is 2.11 bits per heavy atom. The molecule has 0 amide bonds. The number of furan rings is 1. The molecule has 1 heterocycles. The van der Waals surface area contributed by atoms with Gasteiger partial charge in [-0.2, -0.15) is 0 Å². The highest BCUT2D eigenvalue weighted by Crippen LogP contribution is 2.31. The van der Waals surface area contributed by atoms with Gasteiger partial charge in [-0.05, 0) is 29.8 Å². The number of para-hydroxylation sites is 1. The summed E-state index contributed by atoms with van der Waals surface area (Å²) < 4.78 is 10.5. The van der Waals surface area contributed by atoms with Crippen LogP contribution in [0.4, 0.5) is 0 Å². The number of rotatable bonds is 5. The molecule has 1 atom stereocenters. The second-order valence-corrected chi connectivity index (χ2v) is 4.25. The Morgan fingerprint density at radius 3 is 2.72 bits per heavy atom. The molecule has 18 heavy (non-hydrogen) atoms. The molecule has 2 aromatic rings. The van der Waals surface area contributed by atoms with Crippen LogP contribution >= 0.6 is 11.6 Å². The third kappa shape index (κ3) is 2.74. The summed E-state index contributed by atoms with van der Waals surface area (Å²) in [5.74, 6) is 0.914. The van der Waals surface area contributed by atoms with Crippen LogP contribution in [0.1, 0.15) is 17.2 Å². The van der Waals surface area contributed by atoms with Crippen LogP contribution in [0, 0.1) is 0 Å². The SMILES string of the molecule is COc1ccccc1C(Cc1ccco1)C(=O)Cl. The summed E-state index contributed by atoms with van der Waals surface area (Å²) in [6.07, 6.45) is 2.00. The lowest BCUT2D eigenvalue weighted by molar-refractivity contribution is -0.113. The summed E-state index contributed by atoms with van der Waals surface area (Å²) in [7, 11) is 1.57. The fourth-order valence-electron chi connectivity index (χ4n) is 1.90. The summed E-state index contributed by atoms with van der Waals surface area (Å²) in [6, 6.07) is 11.0. The Labute approximate surface area is 110 Å². The predicted octanol–water partition coefficient (Wildman–Crippen LogP) is 3.38. The molecule has 0 saturated carbocycles. The highest BCUT2D eigenvalue weighted by Gasteiger charge is 2.23. The molecule has 0 spiro atoms. The second kappa shape index (κ2) is 5.74. The lowest BCUT2D eigenvalue weighted by Gasteiger charge is -2.15. The molecular weight excluding hydrogens is 252 g/mol. The van der Waals surface area contributed by atoms with Gasteiger partial charge in [0.05, 0.1) is 19.3 Å². The average molecular weight is 265 g/mol. The fourth-order valence-corrected chi connectivity index (χ4v) is 2.09. The van der Waals surface area contributed by atoms with Crippen molar-refractivity contribution < 1.29 is 13.9 Å². The number of methoxy groups -OCH3 is 1. The molecular formula is C14H13ClO3. The molecule has 94 valence electrons. The standard InChI is InChI=1S/C14H13ClO3/c1-17-13-7-3-2-6-11(13)12(14(15)16)9-10-5-4-8-18-10/h2-8,12H,9H2,1H3. The van der Waals surface area contributed by atoms with Crippen LogP contribution in [0.5, 0.6) is 5.75 Å². The van der Waals surface area contributed by atoms with E-state index in [1.165, 1.54) is 0 Å². The Bertz CT molecular complexity index is 520. The molecule has 4 heteroatoms. The van der Waals surface area contributed by atoms with Crippen LogP contribution in [0.25, 0.3) is 0 Å². The highest BCUT2D eigenvalue weighted by molar-refractivity contribution is 6.64. The van der Waals surface area contributed by atoms with Gasteiger partial charge in [0.1, 0.15) is 11.5 Å². The smallest absolute Gasteiger partial charge is 0.229 e. The molecule has 1 unspecified atom stereocenters. The third-order valence-electron chi connectivity index (χ3n) is 2.77. The van der Waals surface area contributed by atoms with E-state index in [1.807, 2.05) is 30.3 Å². The molecule has 1 aromatic heterocycles. The molecule has 0 N–H and O–H groups in total. The lowest BCUT2D eigenvalue weighted by atomic mass is 9.95. The molecule has 0 saturated heterocycles. The van der Waals surface area contributed by atoms with Gasteiger partial charge in [0.25, 0.3) is 0 Å². The first-order chi connectivity index (χ1) is 8.72. The van der Waals surface area contributed by atoms with E-state index in [4.69, 9.17) is 20.8 Å². The van der Waals surface area contributed by atoms with E-state index in [1.54, 1.807) is 19.4 Å². The maximum Gasteiger partial charge on any atom is 0.229 e. The van der Waals surface area contributed by atoms with Gasteiger partial charge in [0, 0.05) is 12.0 Å². The molecule has 0 aliphatic carbocycles. The molecule has 2 rings (SSSR count). The Morgan fingerprint density at radius 1 is 1.33 bits per heavy atom. The summed E-state index contributed by atoms with van der Waals surface area (Å²) in [5, 5.41) is -0.420. The Kier molecular flexibility index (Phi) is 4.05. The second-order valence-electron chi connectivity index (χ2n) is 3.88. The van der Waals surface area contributed by atoms with Crippen LogP contribution in [-0.2, 0) is 11.2 Å². The van der Waals surface area contributed by atoms with E-state index in [9.17, 15) is 4.79 Å². The van der Waals surface area contributed by atoms with Crippen LogP contribution in [0.15, 0.2) is 47.1 Å². The molecule has 0 aliphatic rings. The van der Waals surface area contributed by atoms with Crippen LogP contribution < -0.4 is 4.74 Å². The summed E-state index contributed by atoms with van der Waals surface area (Å²) in [6.45, 7) is 0. The maximum absolute atomic E-state index is 11.6. The minimum absolute atomic E-state index is 0.420. The number of hydrogen-bond acceptors (Lipinski definition) is 3. The average Bonchev–Trinajstić information content (AvgIpc) is 2.88. The van der Waals surface area contributed by atoms with Crippen molar-refractivity contribution in [2.24, 2.45) is 0 Å². The molecule has 1 aromatic carbocycles. The number of hydrogen-bond donors (Lipinski definition) is 0. The van der Waals surface area contributed by atoms with Crippen molar-refractivity contribution >= 4 is 16.8 Å². The minimum Gasteiger partial charge on any atom is -0.496 e. The van der Waals surface area contributed by atoms with Gasteiger partial charge >= 0.3 is 0 Å². The zero-order valence-electron chi connectivity index (χ0n) is 9.93. The zero-order chi connectivity index (χ0) is 13.0. The van der Waals surface area contributed by atoms with Gasteiger partial charge in [-0.25, -0.2) is 0 Å². The van der Waals surface area contributed by atoms with E-state index in [0.29, 0.717) is 12.2 Å².